The smallest absolute Gasteiger partial charge is 0.0931 e. The maximum Gasteiger partial charge on any atom is 0.0931 e. The molecular weight excluding hydrogens is 210 g/mol. The first-order valence-corrected chi connectivity index (χ1v) is 5.88. The van der Waals surface area contributed by atoms with Gasteiger partial charge >= 0.3 is 0 Å². The lowest BCUT2D eigenvalue weighted by Gasteiger charge is -2.11. The van der Waals surface area contributed by atoms with Gasteiger partial charge in [0.1, 0.15) is 0 Å². The highest BCUT2D eigenvalue weighted by molar-refractivity contribution is 5.70. The van der Waals surface area contributed by atoms with Crippen molar-refractivity contribution in [1.82, 2.24) is 15.3 Å². The summed E-state index contributed by atoms with van der Waals surface area (Å²) in [4.78, 5) is 7.66. The summed E-state index contributed by atoms with van der Waals surface area (Å²) in [5.41, 5.74) is 7.33. The van der Waals surface area contributed by atoms with E-state index in [1.807, 2.05) is 7.05 Å². The third kappa shape index (κ3) is 2.24. The van der Waals surface area contributed by atoms with E-state index in [-0.39, 0.29) is 0 Å². The van der Waals surface area contributed by atoms with Crippen LogP contribution in [0.1, 0.15) is 22.4 Å². The van der Waals surface area contributed by atoms with Gasteiger partial charge in [-0.3, -0.25) is 0 Å². The Morgan fingerprint density at radius 2 is 1.82 bits per heavy atom. The SMILES string of the molecule is CNCc1[nH]cnc1-c1c(C)cc(C)cc1C. The van der Waals surface area contributed by atoms with Crippen LogP contribution < -0.4 is 5.32 Å². The predicted molar refractivity (Wildman–Crippen MR) is 71.0 cm³/mol. The van der Waals surface area contributed by atoms with Crippen molar-refractivity contribution in [2.45, 2.75) is 27.3 Å². The van der Waals surface area contributed by atoms with Crippen molar-refractivity contribution in [3.05, 3.63) is 40.8 Å². The average molecular weight is 229 g/mol. The van der Waals surface area contributed by atoms with E-state index in [1.165, 1.54) is 22.3 Å². The molecule has 0 aliphatic rings. The molecule has 2 aromatic rings. The molecule has 0 amide bonds. The van der Waals surface area contributed by atoms with Crippen molar-refractivity contribution in [2.75, 3.05) is 7.05 Å². The highest BCUT2D eigenvalue weighted by Crippen LogP contribution is 2.28. The van der Waals surface area contributed by atoms with Gasteiger partial charge in [0.25, 0.3) is 0 Å². The van der Waals surface area contributed by atoms with Crippen LogP contribution in [0.2, 0.25) is 0 Å². The van der Waals surface area contributed by atoms with Gasteiger partial charge in [-0.2, -0.15) is 0 Å². The number of nitrogens with one attached hydrogen (secondary N) is 2. The minimum absolute atomic E-state index is 0.808. The molecule has 0 bridgehead atoms. The first-order chi connectivity index (χ1) is 8.13. The number of benzene rings is 1. The van der Waals surface area contributed by atoms with Gasteiger partial charge in [0.15, 0.2) is 0 Å². The Balaban J connectivity index is 2.56. The van der Waals surface area contributed by atoms with E-state index in [0.717, 1.165) is 17.9 Å². The summed E-state index contributed by atoms with van der Waals surface area (Å²) in [6.45, 7) is 7.23. The number of H-pyrrole nitrogens is 1. The third-order valence-corrected chi connectivity index (χ3v) is 2.99. The summed E-state index contributed by atoms with van der Waals surface area (Å²) >= 11 is 0. The number of hydrogen-bond donors (Lipinski definition) is 2. The van der Waals surface area contributed by atoms with Crippen molar-refractivity contribution >= 4 is 0 Å². The van der Waals surface area contributed by atoms with Crippen LogP contribution >= 0.6 is 0 Å². The van der Waals surface area contributed by atoms with Crippen LogP contribution in [0.3, 0.4) is 0 Å². The molecule has 2 rings (SSSR count). The Morgan fingerprint density at radius 3 is 2.41 bits per heavy atom. The number of aryl methyl sites for hydroxylation is 3. The van der Waals surface area contributed by atoms with Gasteiger partial charge in [-0.1, -0.05) is 17.7 Å². The minimum atomic E-state index is 0.808. The van der Waals surface area contributed by atoms with Crippen LogP contribution in [0.25, 0.3) is 11.3 Å². The van der Waals surface area contributed by atoms with Gasteiger partial charge in [-0.15, -0.1) is 0 Å². The maximum atomic E-state index is 4.46. The Morgan fingerprint density at radius 1 is 1.18 bits per heavy atom. The second-order valence-corrected chi connectivity index (χ2v) is 4.53. The standard InChI is InChI=1S/C14H19N3/c1-9-5-10(2)13(11(3)6-9)14-12(7-15-4)16-8-17-14/h5-6,8,15H,7H2,1-4H3,(H,16,17). The first kappa shape index (κ1) is 11.9. The molecule has 2 N–H and O–H groups in total. The highest BCUT2D eigenvalue weighted by atomic mass is 14.9. The summed E-state index contributed by atoms with van der Waals surface area (Å²) in [6, 6.07) is 4.42. The molecule has 1 aromatic heterocycles. The van der Waals surface area contributed by atoms with Gasteiger partial charge in [0.2, 0.25) is 0 Å². The van der Waals surface area contributed by atoms with E-state index in [9.17, 15) is 0 Å². The Hall–Kier alpha value is -1.61. The lowest BCUT2D eigenvalue weighted by molar-refractivity contribution is 0.798. The van der Waals surface area contributed by atoms with Crippen LogP contribution in [-0.2, 0) is 6.54 Å². The molecule has 0 aliphatic carbocycles. The van der Waals surface area contributed by atoms with Gasteiger partial charge in [0.05, 0.1) is 17.7 Å². The zero-order valence-corrected chi connectivity index (χ0v) is 10.9. The largest absolute Gasteiger partial charge is 0.347 e. The van der Waals surface area contributed by atoms with Crippen molar-refractivity contribution in [3.8, 4) is 11.3 Å². The van der Waals surface area contributed by atoms with Gasteiger partial charge in [-0.05, 0) is 38.9 Å². The predicted octanol–water partition coefficient (Wildman–Crippen LogP) is 2.72. The zero-order chi connectivity index (χ0) is 12.4. The summed E-state index contributed by atoms with van der Waals surface area (Å²) in [5, 5.41) is 3.16. The molecule has 0 saturated carbocycles. The molecule has 0 unspecified atom stereocenters. The van der Waals surface area contributed by atoms with Crippen molar-refractivity contribution in [3.63, 3.8) is 0 Å². The molecule has 1 aromatic carbocycles. The van der Waals surface area contributed by atoms with Gasteiger partial charge in [-0.25, -0.2) is 4.98 Å². The number of nitrogens with zero attached hydrogens (tertiary/aromatic N) is 1. The Bertz CT molecular complexity index is 503. The molecule has 0 saturated heterocycles. The average Bonchev–Trinajstić information content (AvgIpc) is 2.65. The van der Waals surface area contributed by atoms with Gasteiger partial charge < -0.3 is 10.3 Å². The lowest BCUT2D eigenvalue weighted by Crippen LogP contribution is -2.07. The highest BCUT2D eigenvalue weighted by Gasteiger charge is 2.12. The van der Waals surface area contributed by atoms with E-state index >= 15 is 0 Å². The lowest BCUT2D eigenvalue weighted by atomic mass is 9.96. The molecule has 90 valence electrons. The van der Waals surface area contributed by atoms with Crippen molar-refractivity contribution in [2.24, 2.45) is 0 Å². The fraction of sp³-hybridized carbons (Fsp3) is 0.357. The van der Waals surface area contributed by atoms with E-state index in [2.05, 4.69) is 48.2 Å². The van der Waals surface area contributed by atoms with E-state index in [1.54, 1.807) is 6.33 Å². The first-order valence-electron chi connectivity index (χ1n) is 5.88. The summed E-state index contributed by atoms with van der Waals surface area (Å²) < 4.78 is 0. The summed E-state index contributed by atoms with van der Waals surface area (Å²) in [7, 11) is 1.94. The van der Waals surface area contributed by atoms with E-state index in [0.29, 0.717) is 0 Å². The monoisotopic (exact) mass is 229 g/mol. The van der Waals surface area contributed by atoms with E-state index in [4.69, 9.17) is 0 Å². The number of hydrogen-bond acceptors (Lipinski definition) is 2. The molecule has 0 spiro atoms. The molecule has 3 nitrogen and oxygen atoms in total. The fourth-order valence-corrected chi connectivity index (χ4v) is 2.40. The Labute approximate surface area is 102 Å². The number of imidazole rings is 1. The van der Waals surface area contributed by atoms with Crippen LogP contribution in [0, 0.1) is 20.8 Å². The summed E-state index contributed by atoms with van der Waals surface area (Å²) in [6.07, 6.45) is 1.76. The quantitative estimate of drug-likeness (QED) is 0.849. The molecule has 17 heavy (non-hydrogen) atoms. The molecule has 1 heterocycles. The van der Waals surface area contributed by atoms with Crippen LogP contribution in [-0.4, -0.2) is 17.0 Å². The molecule has 3 heteroatoms. The maximum absolute atomic E-state index is 4.46. The second kappa shape index (κ2) is 4.72. The fourth-order valence-electron chi connectivity index (χ4n) is 2.40. The summed E-state index contributed by atoms with van der Waals surface area (Å²) in [5.74, 6) is 0. The van der Waals surface area contributed by atoms with Crippen LogP contribution in [0.4, 0.5) is 0 Å². The van der Waals surface area contributed by atoms with Crippen LogP contribution in [0.15, 0.2) is 18.5 Å². The number of aromatic amines is 1. The number of rotatable bonds is 3. The van der Waals surface area contributed by atoms with Gasteiger partial charge in [0, 0.05) is 12.1 Å². The molecule has 0 aliphatic heterocycles. The van der Waals surface area contributed by atoms with Crippen LogP contribution in [0.5, 0.6) is 0 Å². The molecule has 0 radical (unpaired) electrons. The zero-order valence-electron chi connectivity index (χ0n) is 10.9. The number of aromatic nitrogens is 2. The topological polar surface area (TPSA) is 40.7 Å². The molecule has 0 fully saturated rings. The second-order valence-electron chi connectivity index (χ2n) is 4.53. The Kier molecular flexibility index (Phi) is 3.29. The normalized spacial score (nSPS) is 10.8. The third-order valence-electron chi connectivity index (χ3n) is 2.99. The van der Waals surface area contributed by atoms with Crippen molar-refractivity contribution < 1.29 is 0 Å². The van der Waals surface area contributed by atoms with E-state index < -0.39 is 0 Å². The molecular formula is C14H19N3. The minimum Gasteiger partial charge on any atom is -0.347 e. The van der Waals surface area contributed by atoms with Crippen molar-refractivity contribution in [1.29, 1.82) is 0 Å². The molecule has 0 atom stereocenters.